The second-order valence-electron chi connectivity index (χ2n) is 4.85. The molecule has 16 heavy (non-hydrogen) atoms. The van der Waals surface area contributed by atoms with Crippen LogP contribution in [0.15, 0.2) is 24.3 Å². The first-order valence-electron chi connectivity index (χ1n) is 6.31. The molecule has 0 fully saturated rings. The summed E-state index contributed by atoms with van der Waals surface area (Å²) in [5.74, 6) is 0.769. The number of allylic oxidation sites excluding steroid dienone is 2. The number of hydrogen-bond donors (Lipinski definition) is 0. The van der Waals surface area contributed by atoms with E-state index in [1.807, 2.05) is 0 Å². The van der Waals surface area contributed by atoms with Crippen molar-refractivity contribution in [1.29, 1.82) is 0 Å². The first-order valence-corrected chi connectivity index (χ1v) is 6.31. The molecule has 1 atom stereocenters. The number of benzene rings is 1. The lowest BCUT2D eigenvalue weighted by atomic mass is 9.91. The molecular formula is C16H24. The van der Waals surface area contributed by atoms with Gasteiger partial charge in [-0.3, -0.25) is 0 Å². The highest BCUT2D eigenvalue weighted by Gasteiger charge is 2.07. The number of aryl methyl sites for hydroxylation is 1. The zero-order valence-corrected chi connectivity index (χ0v) is 11.3. The molecule has 0 nitrogen and oxygen atoms in total. The van der Waals surface area contributed by atoms with Crippen molar-refractivity contribution in [2.45, 2.75) is 47.5 Å². The van der Waals surface area contributed by atoms with Gasteiger partial charge in [0.25, 0.3) is 0 Å². The summed E-state index contributed by atoms with van der Waals surface area (Å²) < 4.78 is 0. The molecule has 0 aliphatic heterocycles. The molecule has 88 valence electrons. The van der Waals surface area contributed by atoms with E-state index in [2.05, 4.69) is 58.9 Å². The Bertz CT molecular complexity index is 372. The molecule has 0 heterocycles. The van der Waals surface area contributed by atoms with Crippen molar-refractivity contribution >= 4 is 5.57 Å². The van der Waals surface area contributed by atoms with Gasteiger partial charge < -0.3 is 0 Å². The van der Waals surface area contributed by atoms with E-state index in [1.54, 1.807) is 0 Å². The zero-order chi connectivity index (χ0) is 12.1. The fourth-order valence-corrected chi connectivity index (χ4v) is 1.95. The lowest BCUT2D eigenvalue weighted by molar-refractivity contribution is 0.559. The Kier molecular flexibility index (Phi) is 4.79. The minimum Gasteiger partial charge on any atom is -0.0841 e. The molecule has 0 aromatic heterocycles. The van der Waals surface area contributed by atoms with E-state index >= 15 is 0 Å². The largest absolute Gasteiger partial charge is 0.0841 e. The molecule has 1 aromatic rings. The number of hydrogen-bond acceptors (Lipinski definition) is 0. The lowest BCUT2D eigenvalue weighted by Crippen LogP contribution is -2.01. The van der Waals surface area contributed by atoms with E-state index in [-0.39, 0.29) is 0 Å². The van der Waals surface area contributed by atoms with Gasteiger partial charge >= 0.3 is 0 Å². The van der Waals surface area contributed by atoms with Crippen molar-refractivity contribution < 1.29 is 0 Å². The maximum absolute atomic E-state index is 2.34. The Morgan fingerprint density at radius 2 is 2.06 bits per heavy atom. The third kappa shape index (κ3) is 3.23. The summed E-state index contributed by atoms with van der Waals surface area (Å²) in [6.07, 6.45) is 4.64. The average molecular weight is 216 g/mol. The predicted molar refractivity (Wildman–Crippen MR) is 73.7 cm³/mol. The van der Waals surface area contributed by atoms with Crippen molar-refractivity contribution in [2.24, 2.45) is 5.92 Å². The summed E-state index contributed by atoms with van der Waals surface area (Å²) in [6, 6.07) is 6.82. The summed E-state index contributed by atoms with van der Waals surface area (Å²) in [7, 11) is 0. The van der Waals surface area contributed by atoms with Gasteiger partial charge in [-0.1, -0.05) is 50.1 Å². The van der Waals surface area contributed by atoms with E-state index in [4.69, 9.17) is 0 Å². The molecule has 0 spiro atoms. The lowest BCUT2D eigenvalue weighted by Gasteiger charge is -2.14. The predicted octanol–water partition coefficient (Wildman–Crippen LogP) is 5.01. The fourth-order valence-electron chi connectivity index (χ4n) is 1.95. The molecule has 0 N–H and O–H groups in total. The van der Waals surface area contributed by atoms with Crippen molar-refractivity contribution in [1.82, 2.24) is 0 Å². The second-order valence-corrected chi connectivity index (χ2v) is 4.85. The average Bonchev–Trinajstić information content (AvgIpc) is 2.28. The van der Waals surface area contributed by atoms with Crippen LogP contribution in [0.25, 0.3) is 5.57 Å². The highest BCUT2D eigenvalue weighted by molar-refractivity contribution is 5.66. The van der Waals surface area contributed by atoms with Crippen LogP contribution in [-0.2, 0) is 6.42 Å². The molecule has 0 aliphatic carbocycles. The van der Waals surface area contributed by atoms with Gasteiger partial charge in [-0.15, -0.1) is 0 Å². The maximum Gasteiger partial charge on any atom is -0.0198 e. The van der Waals surface area contributed by atoms with Gasteiger partial charge in [0.2, 0.25) is 0 Å². The SMILES string of the molecule is C/C=C(/C)c1ccc(C)cc1CC(C)CC. The van der Waals surface area contributed by atoms with Crippen LogP contribution in [0.1, 0.15) is 50.8 Å². The van der Waals surface area contributed by atoms with Crippen LogP contribution in [0.4, 0.5) is 0 Å². The fraction of sp³-hybridized carbons (Fsp3) is 0.500. The van der Waals surface area contributed by atoms with Gasteiger partial charge in [0.1, 0.15) is 0 Å². The Morgan fingerprint density at radius 3 is 2.62 bits per heavy atom. The van der Waals surface area contributed by atoms with E-state index in [0.29, 0.717) is 0 Å². The van der Waals surface area contributed by atoms with Gasteiger partial charge in [0, 0.05) is 0 Å². The normalized spacial score (nSPS) is 13.9. The third-order valence-corrected chi connectivity index (χ3v) is 3.38. The molecule has 1 aromatic carbocycles. The molecular weight excluding hydrogens is 192 g/mol. The van der Waals surface area contributed by atoms with Crippen molar-refractivity contribution in [3.63, 3.8) is 0 Å². The highest BCUT2D eigenvalue weighted by Crippen LogP contribution is 2.23. The topological polar surface area (TPSA) is 0 Å². The molecule has 0 saturated carbocycles. The Morgan fingerprint density at radius 1 is 1.38 bits per heavy atom. The van der Waals surface area contributed by atoms with Crippen LogP contribution in [0.5, 0.6) is 0 Å². The van der Waals surface area contributed by atoms with E-state index in [1.165, 1.54) is 35.1 Å². The third-order valence-electron chi connectivity index (χ3n) is 3.38. The van der Waals surface area contributed by atoms with E-state index in [9.17, 15) is 0 Å². The van der Waals surface area contributed by atoms with Crippen LogP contribution < -0.4 is 0 Å². The molecule has 1 unspecified atom stereocenters. The summed E-state index contributed by atoms with van der Waals surface area (Å²) in [5.41, 5.74) is 5.68. The molecule has 0 radical (unpaired) electrons. The summed E-state index contributed by atoms with van der Waals surface area (Å²) in [6.45, 7) is 11.1. The van der Waals surface area contributed by atoms with Crippen molar-refractivity contribution in [3.05, 3.63) is 41.0 Å². The summed E-state index contributed by atoms with van der Waals surface area (Å²) >= 11 is 0. The minimum absolute atomic E-state index is 0.769. The Balaban J connectivity index is 3.08. The van der Waals surface area contributed by atoms with Gasteiger partial charge in [0.15, 0.2) is 0 Å². The standard InChI is InChI=1S/C16H24/c1-6-12(3)10-15-11-13(4)8-9-16(15)14(5)7-2/h7-9,11-12H,6,10H2,1-5H3/b14-7-. The minimum atomic E-state index is 0.769. The van der Waals surface area contributed by atoms with Crippen molar-refractivity contribution in [2.75, 3.05) is 0 Å². The molecule has 0 amide bonds. The zero-order valence-electron chi connectivity index (χ0n) is 11.3. The number of rotatable bonds is 4. The summed E-state index contributed by atoms with van der Waals surface area (Å²) in [4.78, 5) is 0. The van der Waals surface area contributed by atoms with Crippen LogP contribution in [0.2, 0.25) is 0 Å². The van der Waals surface area contributed by atoms with Crippen LogP contribution >= 0.6 is 0 Å². The van der Waals surface area contributed by atoms with Crippen LogP contribution in [0, 0.1) is 12.8 Å². The Labute approximate surface area is 100 Å². The molecule has 0 saturated heterocycles. The monoisotopic (exact) mass is 216 g/mol. The maximum atomic E-state index is 2.34. The molecule has 0 bridgehead atoms. The van der Waals surface area contributed by atoms with Gasteiger partial charge in [-0.2, -0.15) is 0 Å². The Hall–Kier alpha value is -1.04. The van der Waals surface area contributed by atoms with Crippen LogP contribution in [0.3, 0.4) is 0 Å². The van der Waals surface area contributed by atoms with Gasteiger partial charge in [0.05, 0.1) is 0 Å². The quantitative estimate of drug-likeness (QED) is 0.664. The molecule has 0 aliphatic rings. The van der Waals surface area contributed by atoms with E-state index in [0.717, 1.165) is 5.92 Å². The van der Waals surface area contributed by atoms with Gasteiger partial charge in [-0.25, -0.2) is 0 Å². The first kappa shape index (κ1) is 13.0. The first-order chi connectivity index (χ1) is 7.58. The van der Waals surface area contributed by atoms with Crippen LogP contribution in [-0.4, -0.2) is 0 Å². The smallest absolute Gasteiger partial charge is 0.0198 e. The molecule has 1 rings (SSSR count). The summed E-state index contributed by atoms with van der Waals surface area (Å²) in [5, 5.41) is 0. The van der Waals surface area contributed by atoms with Gasteiger partial charge in [-0.05, 0) is 49.8 Å². The van der Waals surface area contributed by atoms with E-state index < -0.39 is 0 Å². The van der Waals surface area contributed by atoms with Crippen molar-refractivity contribution in [3.8, 4) is 0 Å². The highest BCUT2D eigenvalue weighted by atomic mass is 14.1. The molecule has 0 heteroatoms. The second kappa shape index (κ2) is 5.89.